The number of hydrogen-bond acceptors (Lipinski definition) is 4. The standard InChI is InChI=1S/C11H22O4Si/c1-6-14-16(5,15-7-2)8-10(12)11(13)9(3)4/h10,12H,3,6-8H2,1-2,4-5H3. The van der Waals surface area contributed by atoms with E-state index in [1.165, 1.54) is 0 Å². The second-order valence-electron chi connectivity index (χ2n) is 3.86. The summed E-state index contributed by atoms with van der Waals surface area (Å²) in [5, 5.41) is 9.74. The Bertz CT molecular complexity index is 246. The molecule has 0 aromatic carbocycles. The number of ketones is 1. The molecule has 0 aliphatic heterocycles. The Morgan fingerprint density at radius 2 is 1.81 bits per heavy atom. The molecule has 0 fully saturated rings. The number of aliphatic hydroxyl groups excluding tert-OH is 1. The first-order valence-corrected chi connectivity index (χ1v) is 8.04. The van der Waals surface area contributed by atoms with Crippen LogP contribution in [0.4, 0.5) is 0 Å². The molecule has 0 saturated heterocycles. The molecule has 4 nitrogen and oxygen atoms in total. The van der Waals surface area contributed by atoms with Crippen LogP contribution in [0.25, 0.3) is 0 Å². The molecule has 1 atom stereocenters. The van der Waals surface area contributed by atoms with Crippen LogP contribution < -0.4 is 0 Å². The highest BCUT2D eigenvalue weighted by atomic mass is 28.4. The van der Waals surface area contributed by atoms with Crippen LogP contribution >= 0.6 is 0 Å². The fraction of sp³-hybridized carbons (Fsp3) is 0.727. The third kappa shape index (κ3) is 5.02. The van der Waals surface area contributed by atoms with Gasteiger partial charge in [-0.1, -0.05) is 6.58 Å². The molecule has 0 aromatic heterocycles. The summed E-state index contributed by atoms with van der Waals surface area (Å²) < 4.78 is 11.1. The van der Waals surface area contributed by atoms with E-state index in [4.69, 9.17) is 8.85 Å². The zero-order chi connectivity index (χ0) is 12.8. The smallest absolute Gasteiger partial charge is 0.338 e. The number of carbonyl (C=O) groups excluding carboxylic acids is 1. The SMILES string of the molecule is C=C(C)C(=O)C(O)C[Si](C)(OCC)OCC. The molecule has 0 aliphatic carbocycles. The predicted octanol–water partition coefficient (Wildman–Crippen LogP) is 1.64. The van der Waals surface area contributed by atoms with Crippen molar-refractivity contribution in [1.82, 2.24) is 0 Å². The van der Waals surface area contributed by atoms with Crippen molar-refractivity contribution in [2.45, 2.75) is 39.5 Å². The van der Waals surface area contributed by atoms with E-state index < -0.39 is 14.7 Å². The monoisotopic (exact) mass is 246 g/mol. The van der Waals surface area contributed by atoms with Crippen molar-refractivity contribution in [3.05, 3.63) is 12.2 Å². The van der Waals surface area contributed by atoms with Gasteiger partial charge in [0.15, 0.2) is 5.78 Å². The van der Waals surface area contributed by atoms with E-state index in [0.29, 0.717) is 18.8 Å². The normalized spacial score (nSPS) is 13.6. The van der Waals surface area contributed by atoms with Gasteiger partial charge >= 0.3 is 8.56 Å². The molecular weight excluding hydrogens is 224 g/mol. The summed E-state index contributed by atoms with van der Waals surface area (Å²) in [5.74, 6) is -0.335. The average Bonchev–Trinajstić information content (AvgIpc) is 2.16. The summed E-state index contributed by atoms with van der Waals surface area (Å²) in [7, 11) is -2.43. The van der Waals surface area contributed by atoms with Gasteiger partial charge in [0.2, 0.25) is 0 Å². The number of carbonyl (C=O) groups is 1. The average molecular weight is 246 g/mol. The fourth-order valence-corrected chi connectivity index (χ4v) is 3.93. The lowest BCUT2D eigenvalue weighted by atomic mass is 10.1. The van der Waals surface area contributed by atoms with Crippen molar-refractivity contribution in [3.63, 3.8) is 0 Å². The maximum Gasteiger partial charge on any atom is 0.338 e. The molecule has 0 rings (SSSR count). The molecule has 0 saturated carbocycles. The Kier molecular flexibility index (Phi) is 6.74. The van der Waals surface area contributed by atoms with E-state index >= 15 is 0 Å². The van der Waals surface area contributed by atoms with Crippen molar-refractivity contribution >= 4 is 14.3 Å². The van der Waals surface area contributed by atoms with Gasteiger partial charge in [0.25, 0.3) is 0 Å². The van der Waals surface area contributed by atoms with Crippen LogP contribution in [0.2, 0.25) is 12.6 Å². The molecule has 1 unspecified atom stereocenters. The minimum absolute atomic E-state index is 0.250. The molecule has 0 spiro atoms. The summed E-state index contributed by atoms with van der Waals surface area (Å²) >= 11 is 0. The van der Waals surface area contributed by atoms with Crippen LogP contribution in [0.3, 0.4) is 0 Å². The van der Waals surface area contributed by atoms with Crippen molar-refractivity contribution in [3.8, 4) is 0 Å². The summed E-state index contributed by atoms with van der Waals surface area (Å²) in [4.78, 5) is 11.5. The molecule has 1 N–H and O–H groups in total. The van der Waals surface area contributed by atoms with Crippen LogP contribution in [-0.2, 0) is 13.6 Å². The number of Topliss-reactive ketones (excluding diaryl/α,β-unsaturated/α-hetero) is 1. The zero-order valence-electron chi connectivity index (χ0n) is 10.6. The second kappa shape index (κ2) is 6.96. The van der Waals surface area contributed by atoms with Gasteiger partial charge in [-0.15, -0.1) is 0 Å². The van der Waals surface area contributed by atoms with Gasteiger partial charge in [-0.2, -0.15) is 0 Å². The van der Waals surface area contributed by atoms with Crippen LogP contribution in [0.5, 0.6) is 0 Å². The Morgan fingerprint density at radius 1 is 1.38 bits per heavy atom. The molecule has 5 heteroatoms. The maximum absolute atomic E-state index is 11.5. The van der Waals surface area contributed by atoms with Gasteiger partial charge in [-0.05, 0) is 32.9 Å². The lowest BCUT2D eigenvalue weighted by molar-refractivity contribution is -0.122. The third-order valence-electron chi connectivity index (χ3n) is 2.19. The van der Waals surface area contributed by atoms with E-state index in [2.05, 4.69) is 6.58 Å². The zero-order valence-corrected chi connectivity index (χ0v) is 11.6. The molecule has 0 heterocycles. The van der Waals surface area contributed by atoms with Gasteiger partial charge in [0.1, 0.15) is 6.10 Å². The summed E-state index contributed by atoms with van der Waals surface area (Å²) in [6, 6.07) is 0.250. The maximum atomic E-state index is 11.5. The summed E-state index contributed by atoms with van der Waals surface area (Å²) in [5.41, 5.74) is 0.358. The topological polar surface area (TPSA) is 55.8 Å². The quantitative estimate of drug-likeness (QED) is 0.522. The van der Waals surface area contributed by atoms with Crippen LogP contribution in [0.1, 0.15) is 20.8 Å². The molecule has 0 bridgehead atoms. The lowest BCUT2D eigenvalue weighted by Gasteiger charge is -2.27. The molecular formula is C11H22O4Si. The van der Waals surface area contributed by atoms with Gasteiger partial charge < -0.3 is 14.0 Å². The molecule has 0 aromatic rings. The first kappa shape index (κ1) is 15.5. The fourth-order valence-electron chi connectivity index (χ4n) is 1.50. The minimum atomic E-state index is -2.43. The van der Waals surface area contributed by atoms with E-state index in [9.17, 15) is 9.90 Å². The van der Waals surface area contributed by atoms with Crippen molar-refractivity contribution < 1.29 is 18.8 Å². The highest BCUT2D eigenvalue weighted by Crippen LogP contribution is 2.17. The summed E-state index contributed by atoms with van der Waals surface area (Å²) in [6.45, 7) is 11.8. The van der Waals surface area contributed by atoms with E-state index in [1.807, 2.05) is 20.4 Å². The molecule has 94 valence electrons. The van der Waals surface area contributed by atoms with Crippen molar-refractivity contribution in [2.24, 2.45) is 0 Å². The van der Waals surface area contributed by atoms with E-state index in [1.54, 1.807) is 6.92 Å². The molecule has 0 amide bonds. The highest BCUT2D eigenvalue weighted by Gasteiger charge is 2.36. The Balaban J connectivity index is 4.50. The minimum Gasteiger partial charge on any atom is -0.395 e. The van der Waals surface area contributed by atoms with E-state index in [0.717, 1.165) is 0 Å². The predicted molar refractivity (Wildman–Crippen MR) is 65.5 cm³/mol. The highest BCUT2D eigenvalue weighted by molar-refractivity contribution is 6.66. The van der Waals surface area contributed by atoms with E-state index in [-0.39, 0.29) is 11.8 Å². The molecule has 0 radical (unpaired) electrons. The molecule has 16 heavy (non-hydrogen) atoms. The van der Waals surface area contributed by atoms with Crippen LogP contribution in [-0.4, -0.2) is 38.8 Å². The van der Waals surface area contributed by atoms with Gasteiger partial charge in [0.05, 0.1) is 0 Å². The van der Waals surface area contributed by atoms with Gasteiger partial charge in [-0.25, -0.2) is 0 Å². The summed E-state index contributed by atoms with van der Waals surface area (Å²) in [6.07, 6.45) is -1.06. The first-order chi connectivity index (χ1) is 7.36. The first-order valence-electron chi connectivity index (χ1n) is 5.52. The van der Waals surface area contributed by atoms with Crippen molar-refractivity contribution in [2.75, 3.05) is 13.2 Å². The number of hydrogen-bond donors (Lipinski definition) is 1. The van der Waals surface area contributed by atoms with Gasteiger partial charge in [-0.3, -0.25) is 4.79 Å². The Hall–Kier alpha value is -0.493. The third-order valence-corrected chi connectivity index (χ3v) is 5.11. The second-order valence-corrected chi connectivity index (χ2v) is 7.12. The van der Waals surface area contributed by atoms with Gasteiger partial charge in [0, 0.05) is 19.3 Å². The number of aliphatic hydroxyl groups is 1. The largest absolute Gasteiger partial charge is 0.395 e. The van der Waals surface area contributed by atoms with Crippen LogP contribution in [0.15, 0.2) is 12.2 Å². The molecule has 0 aliphatic rings. The van der Waals surface area contributed by atoms with Crippen molar-refractivity contribution in [1.29, 1.82) is 0 Å². The lowest BCUT2D eigenvalue weighted by Crippen LogP contribution is -2.43. The Labute approximate surface area is 98.5 Å². The Morgan fingerprint density at radius 3 is 2.12 bits per heavy atom. The van der Waals surface area contributed by atoms with Crippen LogP contribution in [0, 0.1) is 0 Å². The number of rotatable bonds is 8.